The van der Waals surface area contributed by atoms with Gasteiger partial charge >= 0.3 is 0 Å². The fraction of sp³-hybridized carbons (Fsp3) is 1.00. The van der Waals surface area contributed by atoms with Gasteiger partial charge < -0.3 is 10.2 Å². The topological polar surface area (TPSA) is 15.3 Å². The summed E-state index contributed by atoms with van der Waals surface area (Å²) in [4.78, 5) is 2.73. The number of nitrogens with zero attached hydrogens (tertiary/aromatic N) is 1. The average Bonchev–Trinajstić information content (AvgIpc) is 2.83. The molecule has 0 aromatic carbocycles. The van der Waals surface area contributed by atoms with E-state index in [0.717, 1.165) is 18.0 Å². The van der Waals surface area contributed by atoms with Gasteiger partial charge in [0.15, 0.2) is 0 Å². The molecule has 18 heavy (non-hydrogen) atoms. The van der Waals surface area contributed by atoms with E-state index in [4.69, 9.17) is 0 Å². The first-order valence-corrected chi connectivity index (χ1v) is 8.28. The Labute approximate surface area is 114 Å². The van der Waals surface area contributed by atoms with Gasteiger partial charge in [0.25, 0.3) is 0 Å². The smallest absolute Gasteiger partial charge is 0.00958 e. The van der Waals surface area contributed by atoms with E-state index in [9.17, 15) is 0 Å². The van der Waals surface area contributed by atoms with Gasteiger partial charge in [-0.3, -0.25) is 0 Å². The maximum atomic E-state index is 3.76. The average molecular weight is 252 g/mol. The summed E-state index contributed by atoms with van der Waals surface area (Å²) in [5, 5.41) is 3.76. The minimum atomic E-state index is 0.824. The minimum absolute atomic E-state index is 0.824. The summed E-state index contributed by atoms with van der Waals surface area (Å²) in [6, 6.07) is 1.66. The maximum absolute atomic E-state index is 3.76. The van der Waals surface area contributed by atoms with E-state index in [1.807, 2.05) is 0 Å². The van der Waals surface area contributed by atoms with Gasteiger partial charge in [-0.25, -0.2) is 0 Å². The molecule has 0 radical (unpaired) electrons. The molecule has 3 atom stereocenters. The Balaban J connectivity index is 1.71. The number of hydrogen-bond donors (Lipinski definition) is 1. The van der Waals surface area contributed by atoms with Gasteiger partial charge in [-0.05, 0) is 71.0 Å². The van der Waals surface area contributed by atoms with Crippen LogP contribution in [0.15, 0.2) is 0 Å². The van der Waals surface area contributed by atoms with Crippen LogP contribution in [0.25, 0.3) is 0 Å². The van der Waals surface area contributed by atoms with Crippen molar-refractivity contribution in [2.24, 2.45) is 5.92 Å². The molecule has 2 aliphatic rings. The van der Waals surface area contributed by atoms with E-state index in [1.165, 1.54) is 71.0 Å². The Hall–Kier alpha value is -0.0800. The van der Waals surface area contributed by atoms with Crippen LogP contribution in [0.3, 0.4) is 0 Å². The van der Waals surface area contributed by atoms with E-state index in [0.29, 0.717) is 0 Å². The Kier molecular flexibility index (Phi) is 5.97. The Bertz CT molecular complexity index is 229. The van der Waals surface area contributed by atoms with E-state index in [2.05, 4.69) is 24.1 Å². The van der Waals surface area contributed by atoms with Gasteiger partial charge in [0, 0.05) is 12.1 Å². The third-order valence-corrected chi connectivity index (χ3v) is 5.04. The van der Waals surface area contributed by atoms with Crippen molar-refractivity contribution >= 4 is 0 Å². The van der Waals surface area contributed by atoms with Crippen LogP contribution in [-0.4, -0.2) is 36.6 Å². The summed E-state index contributed by atoms with van der Waals surface area (Å²) >= 11 is 0. The number of rotatable bonds is 6. The second-order valence-corrected chi connectivity index (χ2v) is 6.42. The van der Waals surface area contributed by atoms with Crippen molar-refractivity contribution in [3.8, 4) is 0 Å². The van der Waals surface area contributed by atoms with Crippen molar-refractivity contribution in [3.63, 3.8) is 0 Å². The lowest BCUT2D eigenvalue weighted by Gasteiger charge is -2.34. The van der Waals surface area contributed by atoms with Crippen LogP contribution < -0.4 is 5.32 Å². The predicted molar refractivity (Wildman–Crippen MR) is 78.9 cm³/mol. The summed E-state index contributed by atoms with van der Waals surface area (Å²) in [5.74, 6) is 0.950. The molecular weight excluding hydrogens is 220 g/mol. The molecule has 1 N–H and O–H groups in total. The molecule has 0 bridgehead atoms. The molecule has 0 aromatic rings. The quantitative estimate of drug-likeness (QED) is 0.779. The highest BCUT2D eigenvalue weighted by atomic mass is 15.2. The van der Waals surface area contributed by atoms with Crippen LogP contribution in [0, 0.1) is 5.92 Å². The normalized spacial score (nSPS) is 34.0. The van der Waals surface area contributed by atoms with Crippen molar-refractivity contribution < 1.29 is 0 Å². The largest absolute Gasteiger partial charge is 0.314 e. The zero-order valence-electron chi connectivity index (χ0n) is 12.5. The summed E-state index contributed by atoms with van der Waals surface area (Å²) in [7, 11) is 0. The molecule has 2 nitrogen and oxygen atoms in total. The van der Waals surface area contributed by atoms with Gasteiger partial charge in [0.1, 0.15) is 0 Å². The monoisotopic (exact) mass is 252 g/mol. The second kappa shape index (κ2) is 7.49. The van der Waals surface area contributed by atoms with E-state index < -0.39 is 0 Å². The summed E-state index contributed by atoms with van der Waals surface area (Å²) in [6.07, 6.45) is 11.3. The van der Waals surface area contributed by atoms with Gasteiger partial charge in [-0.1, -0.05) is 19.8 Å². The van der Waals surface area contributed by atoms with E-state index >= 15 is 0 Å². The highest BCUT2D eigenvalue weighted by Crippen LogP contribution is 2.29. The number of hydrogen-bond acceptors (Lipinski definition) is 2. The van der Waals surface area contributed by atoms with Crippen LogP contribution in [0.2, 0.25) is 0 Å². The molecule has 1 saturated heterocycles. The Morgan fingerprint density at radius 1 is 1.11 bits per heavy atom. The summed E-state index contributed by atoms with van der Waals surface area (Å²) in [5.41, 5.74) is 0. The molecule has 3 unspecified atom stereocenters. The van der Waals surface area contributed by atoms with Crippen LogP contribution in [-0.2, 0) is 0 Å². The van der Waals surface area contributed by atoms with Crippen molar-refractivity contribution in [3.05, 3.63) is 0 Å². The van der Waals surface area contributed by atoms with Crippen molar-refractivity contribution in [2.75, 3.05) is 19.6 Å². The van der Waals surface area contributed by atoms with Crippen molar-refractivity contribution in [1.82, 2.24) is 10.2 Å². The van der Waals surface area contributed by atoms with Crippen LogP contribution in [0.4, 0.5) is 0 Å². The van der Waals surface area contributed by atoms with Crippen LogP contribution in [0.5, 0.6) is 0 Å². The SMILES string of the molecule is CCCNC1CCCC1CCN1CCCCC1C. The Morgan fingerprint density at radius 3 is 2.78 bits per heavy atom. The van der Waals surface area contributed by atoms with Gasteiger partial charge in [0.05, 0.1) is 0 Å². The van der Waals surface area contributed by atoms with E-state index in [1.54, 1.807) is 0 Å². The molecule has 2 fully saturated rings. The minimum Gasteiger partial charge on any atom is -0.314 e. The molecule has 1 aliphatic carbocycles. The molecule has 1 heterocycles. The van der Waals surface area contributed by atoms with Gasteiger partial charge in [-0.15, -0.1) is 0 Å². The van der Waals surface area contributed by atoms with Crippen LogP contribution >= 0.6 is 0 Å². The Morgan fingerprint density at radius 2 is 2.00 bits per heavy atom. The molecule has 2 rings (SSSR count). The first kappa shape index (κ1) is 14.3. The van der Waals surface area contributed by atoms with Crippen molar-refractivity contribution in [2.45, 2.75) is 77.3 Å². The maximum Gasteiger partial charge on any atom is 0.00958 e. The standard InChI is InChI=1S/C16H32N2/c1-3-11-17-16-9-6-8-15(16)10-13-18-12-5-4-7-14(18)2/h14-17H,3-13H2,1-2H3. The lowest BCUT2D eigenvalue weighted by molar-refractivity contribution is 0.147. The number of piperidine rings is 1. The van der Waals surface area contributed by atoms with Gasteiger partial charge in [0.2, 0.25) is 0 Å². The lowest BCUT2D eigenvalue weighted by Crippen LogP contribution is -2.40. The molecule has 1 saturated carbocycles. The summed E-state index contributed by atoms with van der Waals surface area (Å²) < 4.78 is 0. The molecule has 106 valence electrons. The zero-order valence-corrected chi connectivity index (χ0v) is 12.5. The molecule has 0 amide bonds. The second-order valence-electron chi connectivity index (χ2n) is 6.42. The third kappa shape index (κ3) is 3.96. The fourth-order valence-corrected chi connectivity index (χ4v) is 3.80. The molecular formula is C16H32N2. The van der Waals surface area contributed by atoms with Crippen LogP contribution in [0.1, 0.15) is 65.2 Å². The highest BCUT2D eigenvalue weighted by molar-refractivity contribution is 4.84. The van der Waals surface area contributed by atoms with E-state index in [-0.39, 0.29) is 0 Å². The van der Waals surface area contributed by atoms with Gasteiger partial charge in [-0.2, -0.15) is 0 Å². The summed E-state index contributed by atoms with van der Waals surface area (Å²) in [6.45, 7) is 8.59. The number of likely N-dealkylation sites (tertiary alicyclic amines) is 1. The molecule has 1 aliphatic heterocycles. The number of nitrogens with one attached hydrogen (secondary N) is 1. The molecule has 0 aromatic heterocycles. The highest BCUT2D eigenvalue weighted by Gasteiger charge is 2.27. The first-order valence-electron chi connectivity index (χ1n) is 8.28. The van der Waals surface area contributed by atoms with Crippen molar-refractivity contribution in [1.29, 1.82) is 0 Å². The third-order valence-electron chi connectivity index (χ3n) is 5.04. The molecule has 2 heteroatoms. The zero-order chi connectivity index (χ0) is 12.8. The predicted octanol–water partition coefficient (Wildman–Crippen LogP) is 3.42. The lowest BCUT2D eigenvalue weighted by atomic mass is 9.97. The fourth-order valence-electron chi connectivity index (χ4n) is 3.80. The first-order chi connectivity index (χ1) is 8.81. The molecule has 0 spiro atoms.